The average molecular weight is 340 g/mol. The molecule has 4 heteroatoms. The Morgan fingerprint density at radius 3 is 2.80 bits per heavy atom. The average Bonchev–Trinajstić information content (AvgIpc) is 2.40. The quantitative estimate of drug-likeness (QED) is 0.908. The van der Waals surface area contributed by atoms with Crippen molar-refractivity contribution >= 4 is 21.8 Å². The molecule has 0 aromatic heterocycles. The number of ether oxygens (including phenoxy) is 1. The summed E-state index contributed by atoms with van der Waals surface area (Å²) in [5, 5.41) is 3.13. The van der Waals surface area contributed by atoms with Gasteiger partial charge in [0.15, 0.2) is 0 Å². The van der Waals surface area contributed by atoms with Gasteiger partial charge in [0.05, 0.1) is 11.7 Å². The lowest BCUT2D eigenvalue weighted by Gasteiger charge is -2.51. The zero-order chi connectivity index (χ0) is 14.9. The van der Waals surface area contributed by atoms with Gasteiger partial charge in [-0.2, -0.15) is 0 Å². The van der Waals surface area contributed by atoms with E-state index in [1.807, 2.05) is 32.0 Å². The Balaban J connectivity index is 2.05. The summed E-state index contributed by atoms with van der Waals surface area (Å²) in [7, 11) is 0. The van der Waals surface area contributed by atoms with Gasteiger partial charge in [0.1, 0.15) is 0 Å². The largest absolute Gasteiger partial charge is 0.378 e. The van der Waals surface area contributed by atoms with E-state index < -0.39 is 0 Å². The van der Waals surface area contributed by atoms with Gasteiger partial charge < -0.3 is 10.1 Å². The lowest BCUT2D eigenvalue weighted by molar-refractivity contribution is -0.111. The van der Waals surface area contributed by atoms with Crippen molar-refractivity contribution in [3.8, 4) is 0 Å². The molecule has 110 valence electrons. The number of aryl methyl sites for hydroxylation is 1. The van der Waals surface area contributed by atoms with Gasteiger partial charge in [-0.15, -0.1) is 0 Å². The van der Waals surface area contributed by atoms with Gasteiger partial charge in [0.25, 0.3) is 5.91 Å². The SMILES string of the molecule is CCOC1CC(NC(=O)c2cccc(C)c2Br)C1(C)C. The van der Waals surface area contributed by atoms with Crippen LogP contribution in [0.25, 0.3) is 0 Å². The van der Waals surface area contributed by atoms with Gasteiger partial charge in [-0.05, 0) is 47.8 Å². The maximum absolute atomic E-state index is 12.4. The highest BCUT2D eigenvalue weighted by molar-refractivity contribution is 9.10. The fourth-order valence-electron chi connectivity index (χ4n) is 2.67. The van der Waals surface area contributed by atoms with Crippen molar-refractivity contribution in [1.82, 2.24) is 5.32 Å². The van der Waals surface area contributed by atoms with Crippen molar-refractivity contribution in [2.75, 3.05) is 6.61 Å². The van der Waals surface area contributed by atoms with Gasteiger partial charge in [0, 0.05) is 22.5 Å². The third-order valence-electron chi connectivity index (χ3n) is 4.29. The van der Waals surface area contributed by atoms with Crippen LogP contribution in [0.15, 0.2) is 22.7 Å². The van der Waals surface area contributed by atoms with Crippen molar-refractivity contribution in [3.05, 3.63) is 33.8 Å². The normalized spacial score (nSPS) is 24.1. The highest BCUT2D eigenvalue weighted by Gasteiger charge is 2.49. The molecule has 0 aliphatic heterocycles. The van der Waals surface area contributed by atoms with Gasteiger partial charge in [-0.25, -0.2) is 0 Å². The number of amides is 1. The summed E-state index contributed by atoms with van der Waals surface area (Å²) >= 11 is 3.49. The van der Waals surface area contributed by atoms with Gasteiger partial charge >= 0.3 is 0 Å². The van der Waals surface area contributed by atoms with E-state index in [0.717, 1.165) is 23.1 Å². The zero-order valence-corrected chi connectivity index (χ0v) is 14.1. The van der Waals surface area contributed by atoms with E-state index in [9.17, 15) is 4.79 Å². The molecule has 0 saturated heterocycles. The zero-order valence-electron chi connectivity index (χ0n) is 12.5. The Kier molecular flexibility index (Phi) is 4.55. The molecule has 0 bridgehead atoms. The molecule has 1 amide bonds. The summed E-state index contributed by atoms with van der Waals surface area (Å²) in [4.78, 5) is 12.4. The van der Waals surface area contributed by atoms with E-state index in [4.69, 9.17) is 4.74 Å². The number of nitrogens with one attached hydrogen (secondary N) is 1. The minimum absolute atomic E-state index is 0.0119. The van der Waals surface area contributed by atoms with Crippen LogP contribution in [-0.2, 0) is 4.74 Å². The fraction of sp³-hybridized carbons (Fsp3) is 0.562. The molecule has 2 rings (SSSR count). The third kappa shape index (κ3) is 2.77. The predicted octanol–water partition coefficient (Wildman–Crippen LogP) is 3.69. The molecule has 20 heavy (non-hydrogen) atoms. The smallest absolute Gasteiger partial charge is 0.252 e. The second kappa shape index (κ2) is 5.86. The van der Waals surface area contributed by atoms with Gasteiger partial charge in [0.2, 0.25) is 0 Å². The van der Waals surface area contributed by atoms with E-state index in [1.165, 1.54) is 0 Å². The molecule has 2 atom stereocenters. The second-order valence-electron chi connectivity index (χ2n) is 5.96. The summed E-state index contributed by atoms with van der Waals surface area (Å²) in [5.41, 5.74) is 1.75. The highest BCUT2D eigenvalue weighted by Crippen LogP contribution is 2.42. The van der Waals surface area contributed by atoms with Crippen molar-refractivity contribution < 1.29 is 9.53 Å². The van der Waals surface area contributed by atoms with Crippen molar-refractivity contribution in [3.63, 3.8) is 0 Å². The van der Waals surface area contributed by atoms with Crippen LogP contribution in [0.5, 0.6) is 0 Å². The Morgan fingerprint density at radius 2 is 2.20 bits per heavy atom. The molecule has 1 aromatic rings. The van der Waals surface area contributed by atoms with Crippen molar-refractivity contribution in [2.24, 2.45) is 5.41 Å². The van der Waals surface area contributed by atoms with Crippen LogP contribution in [0.4, 0.5) is 0 Å². The first kappa shape index (κ1) is 15.5. The molecule has 1 fully saturated rings. The number of carbonyl (C=O) groups excluding carboxylic acids is 1. The summed E-state index contributed by atoms with van der Waals surface area (Å²) in [6, 6.07) is 5.90. The fourth-order valence-corrected chi connectivity index (χ4v) is 3.12. The molecule has 2 unspecified atom stereocenters. The number of hydrogen-bond acceptors (Lipinski definition) is 2. The van der Waals surface area contributed by atoms with E-state index in [0.29, 0.717) is 5.56 Å². The lowest BCUT2D eigenvalue weighted by Crippen LogP contribution is -2.62. The molecule has 1 aliphatic carbocycles. The first-order valence-corrected chi connectivity index (χ1v) is 7.84. The maximum Gasteiger partial charge on any atom is 0.252 e. The molecule has 3 nitrogen and oxygen atoms in total. The number of halogens is 1. The Hall–Kier alpha value is -0.870. The molecule has 1 aromatic carbocycles. The van der Waals surface area contributed by atoms with Gasteiger partial charge in [-0.1, -0.05) is 26.0 Å². The molecular formula is C16H22BrNO2. The van der Waals surface area contributed by atoms with Crippen LogP contribution in [-0.4, -0.2) is 24.7 Å². The Bertz CT molecular complexity index is 513. The first-order chi connectivity index (χ1) is 9.37. The number of carbonyl (C=O) groups is 1. The lowest BCUT2D eigenvalue weighted by atomic mass is 9.64. The molecular weight excluding hydrogens is 318 g/mol. The van der Waals surface area contributed by atoms with Crippen molar-refractivity contribution in [2.45, 2.75) is 46.3 Å². The first-order valence-electron chi connectivity index (χ1n) is 7.05. The number of rotatable bonds is 4. The topological polar surface area (TPSA) is 38.3 Å². The minimum atomic E-state index is -0.0198. The number of hydrogen-bond donors (Lipinski definition) is 1. The minimum Gasteiger partial charge on any atom is -0.378 e. The second-order valence-corrected chi connectivity index (χ2v) is 6.76. The van der Waals surface area contributed by atoms with Crippen LogP contribution in [0.3, 0.4) is 0 Å². The third-order valence-corrected chi connectivity index (χ3v) is 5.34. The number of benzene rings is 1. The summed E-state index contributed by atoms with van der Waals surface area (Å²) < 4.78 is 6.56. The maximum atomic E-state index is 12.4. The van der Waals surface area contributed by atoms with E-state index in [2.05, 4.69) is 35.1 Å². The summed E-state index contributed by atoms with van der Waals surface area (Å²) in [6.45, 7) is 9.00. The molecule has 1 N–H and O–H groups in total. The van der Waals surface area contributed by atoms with Crippen LogP contribution < -0.4 is 5.32 Å². The van der Waals surface area contributed by atoms with E-state index >= 15 is 0 Å². The Labute approximate surface area is 129 Å². The van der Waals surface area contributed by atoms with Crippen LogP contribution in [0, 0.1) is 12.3 Å². The molecule has 0 radical (unpaired) electrons. The molecule has 0 spiro atoms. The molecule has 0 heterocycles. The van der Waals surface area contributed by atoms with Crippen LogP contribution >= 0.6 is 15.9 Å². The summed E-state index contributed by atoms with van der Waals surface area (Å²) in [6.07, 6.45) is 1.12. The molecule has 1 aliphatic rings. The monoisotopic (exact) mass is 339 g/mol. The van der Waals surface area contributed by atoms with Crippen LogP contribution in [0.1, 0.15) is 43.1 Å². The van der Waals surface area contributed by atoms with E-state index in [-0.39, 0.29) is 23.5 Å². The summed E-state index contributed by atoms with van der Waals surface area (Å²) in [5.74, 6) is -0.0198. The van der Waals surface area contributed by atoms with Crippen LogP contribution in [0.2, 0.25) is 0 Å². The predicted molar refractivity (Wildman–Crippen MR) is 83.9 cm³/mol. The molecule has 1 saturated carbocycles. The van der Waals surface area contributed by atoms with Crippen molar-refractivity contribution in [1.29, 1.82) is 0 Å². The van der Waals surface area contributed by atoms with E-state index in [1.54, 1.807) is 0 Å². The highest BCUT2D eigenvalue weighted by atomic mass is 79.9. The van der Waals surface area contributed by atoms with Gasteiger partial charge in [-0.3, -0.25) is 4.79 Å². The Morgan fingerprint density at radius 1 is 1.50 bits per heavy atom. The standard InChI is InChI=1S/C16H22BrNO2/c1-5-20-13-9-12(16(13,3)4)18-15(19)11-8-6-7-10(2)14(11)17/h6-8,12-13H,5,9H2,1-4H3,(H,18,19).